The predicted octanol–water partition coefficient (Wildman–Crippen LogP) is 1.24. The van der Waals surface area contributed by atoms with Crippen LogP contribution in [0.3, 0.4) is 0 Å². The van der Waals surface area contributed by atoms with Crippen LogP contribution in [0.1, 0.15) is 13.3 Å². The minimum absolute atomic E-state index is 0.0967. The van der Waals surface area contributed by atoms with Crippen LogP contribution in [0.15, 0.2) is 0 Å². The molecule has 2 N–H and O–H groups in total. The smallest absolute Gasteiger partial charge is 0.371 e. The summed E-state index contributed by atoms with van der Waals surface area (Å²) < 4.78 is 39.7. The fourth-order valence-electron chi connectivity index (χ4n) is 1.22. The molecule has 0 aliphatic heterocycles. The van der Waals surface area contributed by atoms with E-state index in [0.29, 0.717) is 19.6 Å². The summed E-state index contributed by atoms with van der Waals surface area (Å²) in [6, 6.07) is 0. The molecule has 0 amide bonds. The molecule has 92 valence electrons. The number of alkyl halides is 3. The molecule has 0 aliphatic rings. The Labute approximate surface area is 88.4 Å². The lowest BCUT2D eigenvalue weighted by molar-refractivity contribution is -0.174. The Hall–Kier alpha value is -0.330. The van der Waals surface area contributed by atoms with Crippen LogP contribution < -0.4 is 5.73 Å². The maximum absolute atomic E-state index is 11.7. The summed E-state index contributed by atoms with van der Waals surface area (Å²) in [5, 5.41) is 0. The van der Waals surface area contributed by atoms with Crippen molar-refractivity contribution in [1.29, 1.82) is 0 Å². The van der Waals surface area contributed by atoms with Crippen molar-refractivity contribution >= 4 is 0 Å². The van der Waals surface area contributed by atoms with Gasteiger partial charge in [-0.1, -0.05) is 6.92 Å². The molecule has 15 heavy (non-hydrogen) atoms. The van der Waals surface area contributed by atoms with E-state index in [4.69, 9.17) is 5.73 Å². The third kappa shape index (κ3) is 9.96. The maximum atomic E-state index is 11.7. The van der Waals surface area contributed by atoms with Gasteiger partial charge < -0.3 is 10.5 Å². The quantitative estimate of drug-likeness (QED) is 0.635. The standard InChI is InChI=1S/C9H19F3N2O/c1-2-4-14(5-3-13)6-7-15-8-9(10,11)12/h2-8,13H2,1H3. The lowest BCUT2D eigenvalue weighted by Gasteiger charge is -2.20. The molecule has 0 fully saturated rings. The van der Waals surface area contributed by atoms with Gasteiger partial charge in [-0.3, -0.25) is 4.90 Å². The number of nitrogens with two attached hydrogens (primary N) is 1. The van der Waals surface area contributed by atoms with Crippen molar-refractivity contribution in [2.45, 2.75) is 19.5 Å². The highest BCUT2D eigenvalue weighted by atomic mass is 19.4. The first kappa shape index (κ1) is 14.7. The van der Waals surface area contributed by atoms with Gasteiger partial charge in [0.15, 0.2) is 0 Å². The van der Waals surface area contributed by atoms with Crippen LogP contribution in [-0.4, -0.2) is 50.5 Å². The maximum Gasteiger partial charge on any atom is 0.411 e. The van der Waals surface area contributed by atoms with Gasteiger partial charge in [0.25, 0.3) is 0 Å². The molecule has 6 heteroatoms. The third-order valence-electron chi connectivity index (χ3n) is 1.80. The average Bonchev–Trinajstić information content (AvgIpc) is 2.11. The summed E-state index contributed by atoms with van der Waals surface area (Å²) in [4.78, 5) is 2.00. The molecule has 0 heterocycles. The van der Waals surface area contributed by atoms with Crippen molar-refractivity contribution in [2.24, 2.45) is 5.73 Å². The largest absolute Gasteiger partial charge is 0.411 e. The van der Waals surface area contributed by atoms with E-state index >= 15 is 0 Å². The van der Waals surface area contributed by atoms with Crippen molar-refractivity contribution in [3.05, 3.63) is 0 Å². The Morgan fingerprint density at radius 3 is 2.33 bits per heavy atom. The molecule has 0 spiro atoms. The lowest BCUT2D eigenvalue weighted by atomic mass is 10.4. The van der Waals surface area contributed by atoms with E-state index in [0.717, 1.165) is 13.0 Å². The zero-order valence-corrected chi connectivity index (χ0v) is 9.02. The van der Waals surface area contributed by atoms with Gasteiger partial charge in [0.1, 0.15) is 6.61 Å². The average molecular weight is 228 g/mol. The lowest BCUT2D eigenvalue weighted by Crippen LogP contribution is -2.33. The van der Waals surface area contributed by atoms with E-state index in [1.165, 1.54) is 0 Å². The molecule has 0 rings (SSSR count). The van der Waals surface area contributed by atoms with Gasteiger partial charge in [0.05, 0.1) is 6.61 Å². The van der Waals surface area contributed by atoms with Crippen molar-refractivity contribution in [3.63, 3.8) is 0 Å². The first-order valence-corrected chi connectivity index (χ1v) is 5.06. The Morgan fingerprint density at radius 2 is 1.87 bits per heavy atom. The molecule has 0 bridgehead atoms. The molecule has 0 aliphatic carbocycles. The van der Waals surface area contributed by atoms with Gasteiger partial charge in [-0.25, -0.2) is 0 Å². The van der Waals surface area contributed by atoms with Gasteiger partial charge >= 0.3 is 6.18 Å². The van der Waals surface area contributed by atoms with Crippen LogP contribution in [0, 0.1) is 0 Å². The molecular weight excluding hydrogens is 209 g/mol. The van der Waals surface area contributed by atoms with Gasteiger partial charge in [0, 0.05) is 19.6 Å². The minimum Gasteiger partial charge on any atom is -0.371 e. The van der Waals surface area contributed by atoms with Gasteiger partial charge in [0.2, 0.25) is 0 Å². The van der Waals surface area contributed by atoms with E-state index in [-0.39, 0.29) is 6.61 Å². The summed E-state index contributed by atoms with van der Waals surface area (Å²) >= 11 is 0. The molecule has 3 nitrogen and oxygen atoms in total. The normalized spacial score (nSPS) is 12.4. The number of rotatable bonds is 8. The summed E-state index contributed by atoms with van der Waals surface area (Å²) in [6.45, 7) is 3.49. The van der Waals surface area contributed by atoms with Crippen molar-refractivity contribution < 1.29 is 17.9 Å². The highest BCUT2D eigenvalue weighted by Crippen LogP contribution is 2.14. The molecule has 0 aromatic heterocycles. The van der Waals surface area contributed by atoms with Crippen molar-refractivity contribution in [2.75, 3.05) is 39.4 Å². The van der Waals surface area contributed by atoms with Gasteiger partial charge in [-0.05, 0) is 13.0 Å². The van der Waals surface area contributed by atoms with Crippen LogP contribution >= 0.6 is 0 Å². The van der Waals surface area contributed by atoms with E-state index in [1.54, 1.807) is 0 Å². The number of hydrogen-bond donors (Lipinski definition) is 1. The molecule has 0 aromatic carbocycles. The monoisotopic (exact) mass is 228 g/mol. The second kappa shape index (κ2) is 7.90. The highest BCUT2D eigenvalue weighted by Gasteiger charge is 2.27. The second-order valence-corrected chi connectivity index (χ2v) is 3.30. The first-order chi connectivity index (χ1) is 6.99. The molecule has 0 radical (unpaired) electrons. The van der Waals surface area contributed by atoms with Gasteiger partial charge in [-0.2, -0.15) is 13.2 Å². The zero-order valence-electron chi connectivity index (χ0n) is 9.02. The van der Waals surface area contributed by atoms with Crippen molar-refractivity contribution in [3.8, 4) is 0 Å². The van der Waals surface area contributed by atoms with Crippen LogP contribution in [-0.2, 0) is 4.74 Å². The van der Waals surface area contributed by atoms with E-state index in [1.807, 2.05) is 11.8 Å². The summed E-state index contributed by atoms with van der Waals surface area (Å²) in [6.07, 6.45) is -3.28. The second-order valence-electron chi connectivity index (χ2n) is 3.30. The fraction of sp³-hybridized carbons (Fsp3) is 1.00. The SMILES string of the molecule is CCCN(CCN)CCOCC(F)(F)F. The molecule has 0 saturated carbocycles. The first-order valence-electron chi connectivity index (χ1n) is 5.06. The van der Waals surface area contributed by atoms with Crippen molar-refractivity contribution in [1.82, 2.24) is 4.90 Å². The Balaban J connectivity index is 3.52. The third-order valence-corrected chi connectivity index (χ3v) is 1.80. The van der Waals surface area contributed by atoms with E-state index in [2.05, 4.69) is 4.74 Å². The fourth-order valence-corrected chi connectivity index (χ4v) is 1.22. The van der Waals surface area contributed by atoms with E-state index < -0.39 is 12.8 Å². The Morgan fingerprint density at radius 1 is 1.20 bits per heavy atom. The number of hydrogen-bond acceptors (Lipinski definition) is 3. The zero-order chi connectivity index (χ0) is 11.7. The molecule has 0 aromatic rings. The number of nitrogens with zero attached hydrogens (tertiary/aromatic N) is 1. The summed E-state index contributed by atoms with van der Waals surface area (Å²) in [5.41, 5.74) is 5.37. The summed E-state index contributed by atoms with van der Waals surface area (Å²) in [5.74, 6) is 0. The molecule has 0 unspecified atom stereocenters. The minimum atomic E-state index is -4.23. The Bertz CT molecular complexity index is 147. The predicted molar refractivity (Wildman–Crippen MR) is 52.7 cm³/mol. The molecule has 0 atom stereocenters. The highest BCUT2D eigenvalue weighted by molar-refractivity contribution is 4.57. The number of halogens is 3. The van der Waals surface area contributed by atoms with Crippen LogP contribution in [0.4, 0.5) is 13.2 Å². The molecular formula is C9H19F3N2O. The van der Waals surface area contributed by atoms with Crippen LogP contribution in [0.5, 0.6) is 0 Å². The summed E-state index contributed by atoms with van der Waals surface area (Å²) in [7, 11) is 0. The Kier molecular flexibility index (Phi) is 7.72. The van der Waals surface area contributed by atoms with Crippen LogP contribution in [0.2, 0.25) is 0 Å². The van der Waals surface area contributed by atoms with Gasteiger partial charge in [-0.15, -0.1) is 0 Å². The van der Waals surface area contributed by atoms with Crippen LogP contribution in [0.25, 0.3) is 0 Å². The van der Waals surface area contributed by atoms with E-state index in [9.17, 15) is 13.2 Å². The molecule has 0 saturated heterocycles. The number of ether oxygens (including phenoxy) is 1. The topological polar surface area (TPSA) is 38.5 Å².